The molecule has 8 nitrogen and oxygen atoms in total. The van der Waals surface area contributed by atoms with E-state index in [0.717, 1.165) is 46.4 Å². The predicted octanol–water partition coefficient (Wildman–Crippen LogP) is 6.44. The van der Waals surface area contributed by atoms with E-state index in [0.29, 0.717) is 40.9 Å². The van der Waals surface area contributed by atoms with Crippen LogP contribution in [0.2, 0.25) is 0 Å². The molecular weight excluding hydrogens is 558 g/mol. The highest BCUT2D eigenvalue weighted by molar-refractivity contribution is 7.12. The molecule has 0 spiro atoms. The molecule has 1 aliphatic heterocycles. The van der Waals surface area contributed by atoms with Crippen LogP contribution in [0.25, 0.3) is 10.9 Å². The van der Waals surface area contributed by atoms with E-state index in [2.05, 4.69) is 27.0 Å². The molecule has 0 atom stereocenters. The number of carbonyl (C=O) groups is 1. The number of para-hydroxylation sites is 1. The van der Waals surface area contributed by atoms with Gasteiger partial charge in [0, 0.05) is 42.6 Å². The molecule has 1 saturated carbocycles. The fourth-order valence-corrected chi connectivity index (χ4v) is 7.23. The first-order valence-corrected chi connectivity index (χ1v) is 15.9. The van der Waals surface area contributed by atoms with Crippen LogP contribution in [0.3, 0.4) is 0 Å². The molecule has 0 radical (unpaired) electrons. The summed E-state index contributed by atoms with van der Waals surface area (Å²) in [7, 11) is 0. The number of hydrogen-bond acceptors (Lipinski definition) is 8. The highest BCUT2D eigenvalue weighted by Gasteiger charge is 2.31. The summed E-state index contributed by atoms with van der Waals surface area (Å²) in [6.07, 6.45) is 8.62. The minimum atomic E-state index is -0.422. The van der Waals surface area contributed by atoms with Crippen molar-refractivity contribution in [3.8, 4) is 0 Å². The quantitative estimate of drug-likeness (QED) is 0.169. The van der Waals surface area contributed by atoms with E-state index in [1.54, 1.807) is 6.20 Å². The van der Waals surface area contributed by atoms with Crippen LogP contribution in [0.5, 0.6) is 0 Å². The Morgan fingerprint density at radius 3 is 2.72 bits per heavy atom. The Hall–Kier alpha value is -4.50. The Balaban J connectivity index is 1.03. The molecule has 3 aromatic carbocycles. The van der Waals surface area contributed by atoms with Gasteiger partial charge in [0.2, 0.25) is 0 Å². The second kappa shape index (κ2) is 11.6. The van der Waals surface area contributed by atoms with Gasteiger partial charge in [-0.3, -0.25) is 19.4 Å². The molecule has 1 fully saturated rings. The van der Waals surface area contributed by atoms with Gasteiger partial charge in [0.15, 0.2) is 0 Å². The van der Waals surface area contributed by atoms with Gasteiger partial charge in [0.05, 0.1) is 11.2 Å². The molecule has 0 saturated heterocycles. The number of anilines is 5. The summed E-state index contributed by atoms with van der Waals surface area (Å²) in [5, 5.41) is 12.8. The summed E-state index contributed by atoms with van der Waals surface area (Å²) >= 11 is 1.39. The van der Waals surface area contributed by atoms with E-state index >= 15 is 0 Å². The standard InChI is InChI=1S/C34H33N5O3S/c40-31-29(37-19-21-6-2-1-3-7-21)30(32(31)41)39-16-13-22-18-24(10-11-28(22)39)38-34(42)33-27(14-17-43-33)36-20-23-12-15-35-26-9-5-4-8-25(23)26/h4-5,8-12,14-15,17-18,21,36-37H,1-3,6-7,13,16,19-20H2,(H,38,42). The summed E-state index contributed by atoms with van der Waals surface area (Å²) in [6.45, 7) is 1.93. The van der Waals surface area contributed by atoms with Crippen LogP contribution in [0, 0.1) is 5.92 Å². The van der Waals surface area contributed by atoms with Gasteiger partial charge in [0.25, 0.3) is 16.8 Å². The first kappa shape index (κ1) is 27.3. The van der Waals surface area contributed by atoms with Crippen molar-refractivity contribution in [1.29, 1.82) is 0 Å². The van der Waals surface area contributed by atoms with E-state index in [4.69, 9.17) is 0 Å². The number of nitrogens with zero attached hydrogens (tertiary/aromatic N) is 2. The van der Waals surface area contributed by atoms with Crippen LogP contribution >= 0.6 is 11.3 Å². The van der Waals surface area contributed by atoms with Gasteiger partial charge in [-0.05, 0) is 78.1 Å². The van der Waals surface area contributed by atoms with Gasteiger partial charge in [0.1, 0.15) is 16.3 Å². The number of carbonyl (C=O) groups excluding carboxylic acids is 1. The zero-order valence-corrected chi connectivity index (χ0v) is 24.6. The summed E-state index contributed by atoms with van der Waals surface area (Å²) < 4.78 is 0. The lowest BCUT2D eigenvalue weighted by molar-refractivity contribution is 0.103. The maximum atomic E-state index is 13.3. The van der Waals surface area contributed by atoms with Crippen molar-refractivity contribution in [3.05, 3.63) is 103 Å². The normalized spacial score (nSPS) is 15.1. The number of benzene rings is 2. The molecule has 43 heavy (non-hydrogen) atoms. The number of aromatic nitrogens is 1. The largest absolute Gasteiger partial charge is 0.380 e. The predicted molar refractivity (Wildman–Crippen MR) is 175 cm³/mol. The van der Waals surface area contributed by atoms with Crippen molar-refractivity contribution >= 4 is 56.6 Å². The topological polar surface area (TPSA) is 103 Å². The molecule has 1 amide bonds. The monoisotopic (exact) mass is 591 g/mol. The first-order chi connectivity index (χ1) is 21.1. The molecule has 5 aromatic rings. The van der Waals surface area contributed by atoms with Gasteiger partial charge in [-0.25, -0.2) is 0 Å². The number of thiophene rings is 1. The van der Waals surface area contributed by atoms with Crippen LogP contribution in [0.1, 0.15) is 52.9 Å². The third kappa shape index (κ3) is 5.29. The molecule has 2 aliphatic rings. The molecule has 1 aliphatic carbocycles. The molecule has 0 unspecified atom stereocenters. The Kier molecular flexibility index (Phi) is 7.40. The van der Waals surface area contributed by atoms with Crippen molar-refractivity contribution in [1.82, 2.24) is 4.98 Å². The molecule has 0 bridgehead atoms. The maximum absolute atomic E-state index is 13.3. The summed E-state index contributed by atoms with van der Waals surface area (Å²) in [5.74, 6) is 0.376. The number of hydrogen-bond donors (Lipinski definition) is 3. The van der Waals surface area contributed by atoms with Crippen molar-refractivity contribution in [3.63, 3.8) is 0 Å². The Labute approximate surface area is 253 Å². The van der Waals surface area contributed by atoms with E-state index in [-0.39, 0.29) is 5.91 Å². The van der Waals surface area contributed by atoms with Gasteiger partial charge >= 0.3 is 0 Å². The smallest absolute Gasteiger partial charge is 0.267 e. The summed E-state index contributed by atoms with van der Waals surface area (Å²) in [4.78, 5) is 45.4. The van der Waals surface area contributed by atoms with Crippen LogP contribution in [0.4, 0.5) is 28.4 Å². The third-order valence-electron chi connectivity index (χ3n) is 8.76. The highest BCUT2D eigenvalue weighted by atomic mass is 32.1. The molecule has 3 N–H and O–H groups in total. The fourth-order valence-electron chi connectivity index (χ4n) is 6.46. The van der Waals surface area contributed by atoms with Gasteiger partial charge in [-0.15, -0.1) is 11.3 Å². The van der Waals surface area contributed by atoms with E-state index < -0.39 is 10.9 Å². The van der Waals surface area contributed by atoms with Crippen LogP contribution < -0.4 is 31.7 Å². The lowest BCUT2D eigenvalue weighted by Crippen LogP contribution is -2.41. The van der Waals surface area contributed by atoms with E-state index in [1.165, 1.54) is 43.4 Å². The second-order valence-corrected chi connectivity index (χ2v) is 12.4. The second-order valence-electron chi connectivity index (χ2n) is 11.5. The maximum Gasteiger partial charge on any atom is 0.267 e. The molecule has 7 rings (SSSR count). The minimum absolute atomic E-state index is 0.177. The average Bonchev–Trinajstić information content (AvgIpc) is 3.69. The van der Waals surface area contributed by atoms with Crippen LogP contribution in [-0.4, -0.2) is 24.0 Å². The zero-order chi connectivity index (χ0) is 29.3. The Morgan fingerprint density at radius 1 is 0.977 bits per heavy atom. The molecule has 2 aromatic heterocycles. The Bertz CT molecular complexity index is 1880. The first-order valence-electron chi connectivity index (χ1n) is 15.0. The zero-order valence-electron chi connectivity index (χ0n) is 23.8. The van der Waals surface area contributed by atoms with Crippen molar-refractivity contribution in [2.45, 2.75) is 45.1 Å². The van der Waals surface area contributed by atoms with Gasteiger partial charge in [-0.2, -0.15) is 0 Å². The number of rotatable bonds is 9. The van der Waals surface area contributed by atoms with Crippen LogP contribution in [0.15, 0.2) is 75.8 Å². The number of fused-ring (bicyclic) bond motifs is 2. The lowest BCUT2D eigenvalue weighted by atomic mass is 9.89. The lowest BCUT2D eigenvalue weighted by Gasteiger charge is -2.26. The number of amides is 1. The molecular formula is C34H33N5O3S. The Morgan fingerprint density at radius 2 is 1.84 bits per heavy atom. The third-order valence-corrected chi connectivity index (χ3v) is 9.67. The van der Waals surface area contributed by atoms with E-state index in [9.17, 15) is 14.4 Å². The van der Waals surface area contributed by atoms with Crippen LogP contribution in [-0.2, 0) is 13.0 Å². The summed E-state index contributed by atoms with van der Waals surface area (Å²) in [6, 6.07) is 17.7. The summed E-state index contributed by atoms with van der Waals surface area (Å²) in [5.41, 5.74) is 5.58. The van der Waals surface area contributed by atoms with Crippen molar-refractivity contribution in [2.24, 2.45) is 5.92 Å². The minimum Gasteiger partial charge on any atom is -0.380 e. The van der Waals surface area contributed by atoms with Gasteiger partial charge in [-0.1, -0.05) is 37.5 Å². The molecule has 9 heteroatoms. The molecule has 3 heterocycles. The average molecular weight is 592 g/mol. The van der Waals surface area contributed by atoms with Gasteiger partial charge < -0.3 is 20.9 Å². The van der Waals surface area contributed by atoms with Crippen molar-refractivity contribution < 1.29 is 4.79 Å². The van der Waals surface area contributed by atoms with Crippen molar-refractivity contribution in [2.75, 3.05) is 33.9 Å². The SMILES string of the molecule is O=C(Nc1ccc2c(c1)CCN2c1c(NCC2CCCCC2)c(=O)c1=O)c1sccc1NCc1ccnc2ccccc12. The number of pyridine rings is 1. The number of nitrogens with one attached hydrogen (secondary N) is 3. The molecule has 218 valence electrons. The fraction of sp³-hybridized carbons (Fsp3) is 0.294. The van der Waals surface area contributed by atoms with E-state index in [1.807, 2.05) is 58.8 Å². The highest BCUT2D eigenvalue weighted by Crippen LogP contribution is 2.38.